The first-order chi connectivity index (χ1) is 14.8. The fourth-order valence-corrected chi connectivity index (χ4v) is 6.05. The Balaban J connectivity index is 1.49. The molecule has 4 atom stereocenters. The van der Waals surface area contributed by atoms with Crippen LogP contribution in [0.15, 0.2) is 42.0 Å². The van der Waals surface area contributed by atoms with Crippen LogP contribution in [-0.4, -0.2) is 51.4 Å². The van der Waals surface area contributed by atoms with E-state index in [1.807, 2.05) is 50.3 Å². The summed E-state index contributed by atoms with van der Waals surface area (Å²) in [5, 5.41) is 2.39. The molecule has 3 heterocycles. The number of thioether (sulfide) groups is 1. The smallest absolute Gasteiger partial charge is 0.308 e. The monoisotopic (exact) mass is 442 g/mol. The Labute approximate surface area is 185 Å². The number of carbonyl (C=O) groups is 4. The Bertz CT molecular complexity index is 943. The number of β-lactam (4-membered cyclic amide) rings is 1. The standard InChI is InChI=1S/C23H26N2O5S/c1-14(2)7-6-10-17(26)23-16(12-19(28)30-23)13-31-22-20(21(29)25(22)23)24-18(27)11-15-8-4-3-5-9-15/h3-5,7-9,16,20,22H,6,10-13H2,1-2H3,(H,24,27)/t16-,20+,22+,23+/m0/s1. The van der Waals surface area contributed by atoms with Crippen LogP contribution in [0.2, 0.25) is 0 Å². The van der Waals surface area contributed by atoms with Gasteiger partial charge in [-0.2, -0.15) is 0 Å². The van der Waals surface area contributed by atoms with Crippen molar-refractivity contribution in [1.29, 1.82) is 0 Å². The van der Waals surface area contributed by atoms with Crippen molar-refractivity contribution in [3.8, 4) is 0 Å². The van der Waals surface area contributed by atoms with Crippen molar-refractivity contribution >= 4 is 35.3 Å². The van der Waals surface area contributed by atoms with Crippen molar-refractivity contribution in [3.63, 3.8) is 0 Å². The summed E-state index contributed by atoms with van der Waals surface area (Å²) in [6.45, 7) is 3.91. The SMILES string of the molecule is CC(C)=CCCC(=O)[C@]12OC(=O)C[C@H]1CS[C@@H]1[C@H](NC(=O)Cc3ccccc3)C(=O)N12. The maximum atomic E-state index is 13.2. The fraction of sp³-hybridized carbons (Fsp3) is 0.478. The first-order valence-electron chi connectivity index (χ1n) is 10.5. The molecule has 4 rings (SSSR count). The van der Waals surface area contributed by atoms with Gasteiger partial charge in [0.25, 0.3) is 11.6 Å². The molecule has 3 fully saturated rings. The highest BCUT2D eigenvalue weighted by molar-refractivity contribution is 8.00. The molecule has 1 aromatic carbocycles. The summed E-state index contributed by atoms with van der Waals surface area (Å²) in [5.74, 6) is -1.14. The van der Waals surface area contributed by atoms with Crippen LogP contribution in [0.4, 0.5) is 0 Å². The van der Waals surface area contributed by atoms with E-state index in [1.54, 1.807) is 0 Å². The van der Waals surface area contributed by atoms with Crippen LogP contribution in [0.25, 0.3) is 0 Å². The molecule has 0 saturated carbocycles. The molecule has 31 heavy (non-hydrogen) atoms. The van der Waals surface area contributed by atoms with Gasteiger partial charge in [0.15, 0.2) is 5.78 Å². The number of amides is 2. The van der Waals surface area contributed by atoms with Gasteiger partial charge in [0.2, 0.25) is 5.91 Å². The van der Waals surface area contributed by atoms with Crippen molar-refractivity contribution in [2.24, 2.45) is 5.92 Å². The largest absolute Gasteiger partial charge is 0.431 e. The molecule has 8 heteroatoms. The van der Waals surface area contributed by atoms with E-state index in [9.17, 15) is 19.2 Å². The number of allylic oxidation sites excluding steroid dienone is 2. The quantitative estimate of drug-likeness (QED) is 0.395. The number of nitrogens with zero attached hydrogens (tertiary/aromatic N) is 1. The highest BCUT2D eigenvalue weighted by Gasteiger charge is 2.70. The number of ketones is 1. The Morgan fingerprint density at radius 1 is 1.26 bits per heavy atom. The second-order valence-electron chi connectivity index (χ2n) is 8.45. The van der Waals surface area contributed by atoms with E-state index in [0.29, 0.717) is 12.2 Å². The predicted octanol–water partition coefficient (Wildman–Crippen LogP) is 2.20. The molecule has 0 aliphatic carbocycles. The lowest BCUT2D eigenvalue weighted by Crippen LogP contribution is -2.80. The van der Waals surface area contributed by atoms with Gasteiger partial charge < -0.3 is 10.1 Å². The van der Waals surface area contributed by atoms with Gasteiger partial charge in [0, 0.05) is 18.1 Å². The third-order valence-corrected chi connectivity index (χ3v) is 7.37. The average Bonchev–Trinajstić information content (AvgIpc) is 3.07. The molecule has 1 aromatic rings. The number of hydrogen-bond donors (Lipinski definition) is 1. The summed E-state index contributed by atoms with van der Waals surface area (Å²) in [7, 11) is 0. The minimum Gasteiger partial charge on any atom is -0.431 e. The van der Waals surface area contributed by atoms with Gasteiger partial charge in [0.05, 0.1) is 12.8 Å². The lowest BCUT2D eigenvalue weighted by molar-refractivity contribution is -0.205. The molecule has 3 aliphatic heterocycles. The van der Waals surface area contributed by atoms with Crippen LogP contribution < -0.4 is 5.32 Å². The summed E-state index contributed by atoms with van der Waals surface area (Å²) in [6, 6.07) is 8.58. The lowest BCUT2D eigenvalue weighted by Gasteiger charge is -2.57. The third-order valence-electron chi connectivity index (χ3n) is 5.95. The summed E-state index contributed by atoms with van der Waals surface area (Å²) >= 11 is 1.49. The van der Waals surface area contributed by atoms with Crippen molar-refractivity contribution < 1.29 is 23.9 Å². The normalized spacial score (nSPS) is 28.7. The summed E-state index contributed by atoms with van der Waals surface area (Å²) < 4.78 is 5.60. The van der Waals surface area contributed by atoms with Crippen molar-refractivity contribution in [1.82, 2.24) is 10.2 Å². The zero-order valence-corrected chi connectivity index (χ0v) is 18.4. The van der Waals surface area contributed by atoms with E-state index in [2.05, 4.69) is 5.32 Å². The summed E-state index contributed by atoms with van der Waals surface area (Å²) in [6.07, 6.45) is 2.99. The van der Waals surface area contributed by atoms with Gasteiger partial charge in [-0.25, -0.2) is 0 Å². The Kier molecular flexibility index (Phi) is 5.92. The molecule has 3 aliphatic rings. The van der Waals surface area contributed by atoms with E-state index >= 15 is 0 Å². The van der Waals surface area contributed by atoms with Crippen LogP contribution in [-0.2, 0) is 30.3 Å². The van der Waals surface area contributed by atoms with Gasteiger partial charge >= 0.3 is 5.97 Å². The molecule has 3 saturated heterocycles. The highest BCUT2D eigenvalue weighted by Crippen LogP contribution is 2.52. The molecule has 2 amide bonds. The minimum absolute atomic E-state index is 0.128. The zero-order valence-electron chi connectivity index (χ0n) is 17.6. The van der Waals surface area contributed by atoms with E-state index in [-0.39, 0.29) is 42.8 Å². The van der Waals surface area contributed by atoms with Crippen LogP contribution in [0, 0.1) is 5.92 Å². The Morgan fingerprint density at radius 3 is 2.71 bits per heavy atom. The van der Waals surface area contributed by atoms with Crippen molar-refractivity contribution in [3.05, 3.63) is 47.5 Å². The zero-order chi connectivity index (χ0) is 22.2. The highest BCUT2D eigenvalue weighted by atomic mass is 32.2. The van der Waals surface area contributed by atoms with Crippen LogP contribution >= 0.6 is 11.8 Å². The number of fused-ring (bicyclic) bond motifs is 3. The van der Waals surface area contributed by atoms with E-state index in [1.165, 1.54) is 16.7 Å². The predicted molar refractivity (Wildman–Crippen MR) is 116 cm³/mol. The minimum atomic E-state index is -1.53. The molecular formula is C23H26N2O5S. The first-order valence-corrected chi connectivity index (χ1v) is 11.5. The van der Waals surface area contributed by atoms with E-state index < -0.39 is 23.1 Å². The summed E-state index contributed by atoms with van der Waals surface area (Å²) in [5.41, 5.74) is 0.430. The maximum absolute atomic E-state index is 13.2. The Morgan fingerprint density at radius 2 is 2.00 bits per heavy atom. The maximum Gasteiger partial charge on any atom is 0.308 e. The van der Waals surface area contributed by atoms with Crippen molar-refractivity contribution in [2.75, 3.05) is 5.75 Å². The number of carbonyl (C=O) groups excluding carboxylic acids is 4. The number of rotatable bonds is 7. The third kappa shape index (κ3) is 3.89. The molecule has 0 spiro atoms. The average molecular weight is 443 g/mol. The Hall–Kier alpha value is -2.61. The molecule has 1 N–H and O–H groups in total. The molecule has 0 radical (unpaired) electrons. The molecular weight excluding hydrogens is 416 g/mol. The molecule has 7 nitrogen and oxygen atoms in total. The van der Waals surface area contributed by atoms with Crippen LogP contribution in [0.1, 0.15) is 38.7 Å². The number of Topliss-reactive ketones (excluding diaryl/α,β-unsaturated/α-hetero) is 1. The number of nitrogens with one attached hydrogen (secondary N) is 1. The van der Waals surface area contributed by atoms with E-state index in [0.717, 1.165) is 11.1 Å². The van der Waals surface area contributed by atoms with Gasteiger partial charge in [-0.15, -0.1) is 11.8 Å². The van der Waals surface area contributed by atoms with Crippen LogP contribution in [0.5, 0.6) is 0 Å². The molecule has 164 valence electrons. The number of ether oxygens (including phenoxy) is 1. The van der Waals surface area contributed by atoms with Gasteiger partial charge in [-0.1, -0.05) is 42.0 Å². The van der Waals surface area contributed by atoms with E-state index in [4.69, 9.17) is 4.74 Å². The molecule has 0 aromatic heterocycles. The first kappa shape index (κ1) is 21.6. The summed E-state index contributed by atoms with van der Waals surface area (Å²) in [4.78, 5) is 52.3. The number of benzene rings is 1. The van der Waals surface area contributed by atoms with Crippen LogP contribution in [0.3, 0.4) is 0 Å². The molecule has 0 bridgehead atoms. The topological polar surface area (TPSA) is 92.8 Å². The number of hydrogen-bond acceptors (Lipinski definition) is 6. The van der Waals surface area contributed by atoms with Gasteiger partial charge in [-0.3, -0.25) is 24.1 Å². The van der Waals surface area contributed by atoms with Gasteiger partial charge in [0.1, 0.15) is 11.4 Å². The number of esters is 1. The second-order valence-corrected chi connectivity index (χ2v) is 9.60. The fourth-order valence-electron chi connectivity index (χ4n) is 4.49. The van der Waals surface area contributed by atoms with Crippen molar-refractivity contribution in [2.45, 2.75) is 56.7 Å². The van der Waals surface area contributed by atoms with Gasteiger partial charge in [-0.05, 0) is 25.8 Å². The second kappa shape index (κ2) is 8.49. The lowest BCUT2D eigenvalue weighted by atomic mass is 9.85. The molecule has 0 unspecified atom stereocenters.